The molecule has 2 bridgehead atoms. The zero-order chi connectivity index (χ0) is 23.9. The van der Waals surface area contributed by atoms with E-state index in [9.17, 15) is 4.79 Å². The molecule has 0 radical (unpaired) electrons. The van der Waals surface area contributed by atoms with Crippen LogP contribution in [0.5, 0.6) is 0 Å². The van der Waals surface area contributed by atoms with Crippen LogP contribution in [-0.2, 0) is 15.9 Å². The minimum atomic E-state index is -0.203. The molecule has 9 nitrogen and oxygen atoms in total. The van der Waals surface area contributed by atoms with Crippen LogP contribution in [0.1, 0.15) is 44.0 Å². The van der Waals surface area contributed by atoms with Gasteiger partial charge in [-0.25, -0.2) is 14.8 Å². The van der Waals surface area contributed by atoms with E-state index in [-0.39, 0.29) is 12.1 Å². The lowest BCUT2D eigenvalue weighted by Gasteiger charge is -2.46. The Hall–Kier alpha value is -2.75. The number of carbonyl (C=O) groups excluding carboxylic acids is 1. The maximum atomic E-state index is 11.9. The molecule has 2 N–H and O–H groups in total. The zero-order valence-electron chi connectivity index (χ0n) is 20.5. The van der Waals surface area contributed by atoms with Gasteiger partial charge >= 0.3 is 6.03 Å². The van der Waals surface area contributed by atoms with Crippen LogP contribution in [0.15, 0.2) is 24.3 Å². The summed E-state index contributed by atoms with van der Waals surface area (Å²) in [6.07, 6.45) is 3.31. The molecule has 5 heterocycles. The van der Waals surface area contributed by atoms with Gasteiger partial charge in [0.15, 0.2) is 5.82 Å². The van der Waals surface area contributed by atoms with Crippen LogP contribution in [0.4, 0.5) is 16.3 Å². The van der Waals surface area contributed by atoms with Crippen LogP contribution >= 0.6 is 0 Å². The van der Waals surface area contributed by atoms with Crippen molar-refractivity contribution >= 4 is 17.5 Å². The van der Waals surface area contributed by atoms with Crippen molar-refractivity contribution in [3.8, 4) is 11.4 Å². The third-order valence-electron chi connectivity index (χ3n) is 7.74. The average Bonchev–Trinajstić information content (AvgIpc) is 3.10. The first kappa shape index (κ1) is 22.7. The van der Waals surface area contributed by atoms with Gasteiger partial charge in [-0.05, 0) is 51.0 Å². The summed E-state index contributed by atoms with van der Waals surface area (Å²) in [6, 6.07) is 9.27. The quantitative estimate of drug-likeness (QED) is 0.683. The molecule has 0 saturated carbocycles. The zero-order valence-corrected chi connectivity index (χ0v) is 20.5. The highest BCUT2D eigenvalue weighted by Crippen LogP contribution is 2.49. The van der Waals surface area contributed by atoms with Gasteiger partial charge < -0.3 is 25.0 Å². The minimum Gasteiger partial charge on any atom is -0.378 e. The van der Waals surface area contributed by atoms with E-state index in [0.29, 0.717) is 37.9 Å². The van der Waals surface area contributed by atoms with Crippen LogP contribution < -0.4 is 15.5 Å². The molecule has 3 saturated heterocycles. The van der Waals surface area contributed by atoms with Gasteiger partial charge in [0.05, 0.1) is 44.2 Å². The normalized spacial score (nSPS) is 26.2. The SMILES string of the molecule is CCNC(=O)Nc1ccc(-c2nc3c(c(N4CCOC[C@@H]4C)n2)[C@H]2CC[C@@H](C3)N2C2COC2)cc1. The van der Waals surface area contributed by atoms with E-state index in [2.05, 4.69) is 27.4 Å². The van der Waals surface area contributed by atoms with Crippen molar-refractivity contribution in [1.29, 1.82) is 0 Å². The molecular formula is C26H34N6O3. The molecule has 0 aliphatic carbocycles. The lowest BCUT2D eigenvalue weighted by molar-refractivity contribution is -0.0857. The molecule has 3 atom stereocenters. The number of morpholine rings is 1. The molecule has 6 rings (SSSR count). The predicted molar refractivity (Wildman–Crippen MR) is 134 cm³/mol. The van der Waals surface area contributed by atoms with Crippen molar-refractivity contribution in [1.82, 2.24) is 20.2 Å². The summed E-state index contributed by atoms with van der Waals surface area (Å²) >= 11 is 0. The van der Waals surface area contributed by atoms with Gasteiger partial charge in [-0.15, -0.1) is 0 Å². The number of rotatable bonds is 5. The Balaban J connectivity index is 1.37. The first-order valence-corrected chi connectivity index (χ1v) is 12.9. The second-order valence-corrected chi connectivity index (χ2v) is 10.00. The van der Waals surface area contributed by atoms with Crippen LogP contribution in [0.25, 0.3) is 11.4 Å². The van der Waals surface area contributed by atoms with E-state index < -0.39 is 0 Å². The molecule has 1 aromatic carbocycles. The molecule has 35 heavy (non-hydrogen) atoms. The molecule has 0 unspecified atom stereocenters. The minimum absolute atomic E-state index is 0.203. The second-order valence-electron chi connectivity index (χ2n) is 10.00. The highest BCUT2D eigenvalue weighted by Gasteiger charge is 2.48. The van der Waals surface area contributed by atoms with Crippen molar-refractivity contribution in [3.63, 3.8) is 0 Å². The van der Waals surface area contributed by atoms with Gasteiger partial charge in [-0.3, -0.25) is 4.90 Å². The fraction of sp³-hybridized carbons (Fsp3) is 0.577. The number of aromatic nitrogens is 2. The maximum Gasteiger partial charge on any atom is 0.319 e. The van der Waals surface area contributed by atoms with Crippen LogP contribution in [-0.4, -0.2) is 78.5 Å². The number of ether oxygens (including phenoxy) is 2. The predicted octanol–water partition coefficient (Wildman–Crippen LogP) is 2.97. The lowest BCUT2D eigenvalue weighted by Crippen LogP contribution is -2.54. The third-order valence-corrected chi connectivity index (χ3v) is 7.74. The average molecular weight is 479 g/mol. The monoisotopic (exact) mass is 478 g/mol. The van der Waals surface area contributed by atoms with Gasteiger partial charge in [0, 0.05) is 48.4 Å². The number of benzene rings is 1. The number of nitrogens with zero attached hydrogens (tertiary/aromatic N) is 4. The molecule has 4 aliphatic rings. The first-order chi connectivity index (χ1) is 17.1. The smallest absolute Gasteiger partial charge is 0.319 e. The van der Waals surface area contributed by atoms with Crippen molar-refractivity contribution in [3.05, 3.63) is 35.5 Å². The van der Waals surface area contributed by atoms with E-state index in [4.69, 9.17) is 19.4 Å². The Morgan fingerprint density at radius 3 is 2.63 bits per heavy atom. The second kappa shape index (κ2) is 9.37. The van der Waals surface area contributed by atoms with E-state index in [0.717, 1.165) is 55.5 Å². The van der Waals surface area contributed by atoms with Gasteiger partial charge in [-0.1, -0.05) is 0 Å². The largest absolute Gasteiger partial charge is 0.378 e. The van der Waals surface area contributed by atoms with E-state index in [1.807, 2.05) is 31.2 Å². The summed E-state index contributed by atoms with van der Waals surface area (Å²) in [5, 5.41) is 5.61. The van der Waals surface area contributed by atoms with Gasteiger partial charge in [0.25, 0.3) is 0 Å². The number of anilines is 2. The van der Waals surface area contributed by atoms with E-state index in [1.165, 1.54) is 17.7 Å². The van der Waals surface area contributed by atoms with E-state index in [1.54, 1.807) is 0 Å². The molecule has 2 aromatic rings. The van der Waals surface area contributed by atoms with Crippen LogP contribution in [0.3, 0.4) is 0 Å². The third kappa shape index (κ3) is 4.15. The summed E-state index contributed by atoms with van der Waals surface area (Å²) in [4.78, 5) is 27.3. The van der Waals surface area contributed by atoms with Crippen LogP contribution in [0.2, 0.25) is 0 Å². The van der Waals surface area contributed by atoms with E-state index >= 15 is 0 Å². The number of nitrogens with one attached hydrogen (secondary N) is 2. The number of hydrogen-bond acceptors (Lipinski definition) is 7. The summed E-state index contributed by atoms with van der Waals surface area (Å²) in [5.41, 5.74) is 4.21. The Bertz CT molecular complexity index is 1090. The fourth-order valence-electron chi connectivity index (χ4n) is 6.00. The Kier molecular flexibility index (Phi) is 6.07. The van der Waals surface area contributed by atoms with Gasteiger partial charge in [-0.2, -0.15) is 0 Å². The Labute approximate surface area is 206 Å². The molecule has 3 fully saturated rings. The number of urea groups is 1. The number of hydrogen-bond donors (Lipinski definition) is 2. The number of fused-ring (bicyclic) bond motifs is 4. The highest BCUT2D eigenvalue weighted by molar-refractivity contribution is 5.89. The molecule has 1 aromatic heterocycles. The summed E-state index contributed by atoms with van der Waals surface area (Å²) < 4.78 is 11.3. The first-order valence-electron chi connectivity index (χ1n) is 12.9. The topological polar surface area (TPSA) is 91.9 Å². The Morgan fingerprint density at radius 1 is 1.09 bits per heavy atom. The number of carbonyl (C=O) groups is 1. The summed E-state index contributed by atoms with van der Waals surface area (Å²) in [5.74, 6) is 1.82. The standard InChI is InChI=1S/C26H34N6O3/c1-3-27-26(33)28-18-6-4-17(5-7-18)24-29-21-12-19-8-9-22(32(19)20-14-35-15-20)23(21)25(30-24)31-10-11-34-13-16(31)2/h4-7,16,19-20,22H,3,8-15H2,1-2H3,(H2,27,28,33)/t16-,19-,22+/m0/s1. The van der Waals surface area contributed by atoms with Crippen molar-refractivity contribution in [2.45, 2.75) is 57.3 Å². The molecule has 9 heteroatoms. The highest BCUT2D eigenvalue weighted by atomic mass is 16.5. The molecule has 4 aliphatic heterocycles. The molecule has 0 spiro atoms. The van der Waals surface area contributed by atoms with Gasteiger partial charge in [0.1, 0.15) is 5.82 Å². The maximum absolute atomic E-state index is 11.9. The lowest BCUT2D eigenvalue weighted by atomic mass is 9.94. The van der Waals surface area contributed by atoms with Crippen molar-refractivity contribution < 1.29 is 14.3 Å². The molecule has 186 valence electrons. The fourth-order valence-corrected chi connectivity index (χ4v) is 6.00. The Morgan fingerprint density at radius 2 is 1.91 bits per heavy atom. The van der Waals surface area contributed by atoms with Gasteiger partial charge in [0.2, 0.25) is 0 Å². The van der Waals surface area contributed by atoms with Crippen LogP contribution in [0, 0.1) is 0 Å². The molecular weight excluding hydrogens is 444 g/mol. The van der Waals surface area contributed by atoms with Crippen molar-refractivity contribution in [2.75, 3.05) is 49.7 Å². The van der Waals surface area contributed by atoms with Crippen molar-refractivity contribution in [2.24, 2.45) is 0 Å². The summed E-state index contributed by atoms with van der Waals surface area (Å²) in [6.45, 7) is 8.63. The number of amides is 2. The summed E-state index contributed by atoms with van der Waals surface area (Å²) in [7, 11) is 0. The molecule has 2 amide bonds.